The fourth-order valence-corrected chi connectivity index (χ4v) is 2.91. The number of likely N-dealkylation sites (tertiary alicyclic amines) is 1. The van der Waals surface area contributed by atoms with E-state index in [9.17, 15) is 9.59 Å². The van der Waals surface area contributed by atoms with E-state index in [-0.39, 0.29) is 24.5 Å². The first-order valence-corrected chi connectivity index (χ1v) is 7.56. The van der Waals surface area contributed by atoms with Crippen molar-refractivity contribution in [2.24, 2.45) is 5.73 Å². The largest absolute Gasteiger partial charge is 0.383 e. The summed E-state index contributed by atoms with van der Waals surface area (Å²) in [6.07, 6.45) is 2.59. The molecule has 0 bridgehead atoms. The van der Waals surface area contributed by atoms with Gasteiger partial charge in [-0.15, -0.1) is 0 Å². The molecule has 0 radical (unpaired) electrons. The summed E-state index contributed by atoms with van der Waals surface area (Å²) >= 11 is 0. The second kappa shape index (κ2) is 7.72. The minimum absolute atomic E-state index is 0.0240. The Morgan fingerprint density at radius 3 is 2.67 bits per heavy atom. The summed E-state index contributed by atoms with van der Waals surface area (Å²) in [4.78, 5) is 28.5. The van der Waals surface area contributed by atoms with Crippen molar-refractivity contribution in [2.45, 2.75) is 31.3 Å². The van der Waals surface area contributed by atoms with Crippen molar-refractivity contribution in [3.8, 4) is 0 Å². The Kier molecular flexibility index (Phi) is 5.96. The number of rotatable bonds is 4. The molecule has 2 rings (SSSR count). The first kappa shape index (κ1) is 16.2. The lowest BCUT2D eigenvalue weighted by Gasteiger charge is -2.39. The molecule has 2 N–H and O–H groups in total. The number of nitrogens with two attached hydrogens (primary N) is 1. The molecule has 0 aromatic heterocycles. The topological polar surface area (TPSA) is 85.1 Å². The number of methoxy groups -OCH3 is 1. The monoisotopic (exact) mass is 299 g/mol. The molecule has 2 atom stereocenters. The zero-order chi connectivity index (χ0) is 15.2. The molecule has 0 aromatic rings. The lowest BCUT2D eigenvalue weighted by atomic mass is 9.99. The number of carbonyl (C=O) groups is 2. The molecule has 2 aliphatic rings. The molecule has 2 aliphatic heterocycles. The zero-order valence-corrected chi connectivity index (χ0v) is 12.6. The van der Waals surface area contributed by atoms with Crippen LogP contribution in [0.1, 0.15) is 19.3 Å². The third-order valence-electron chi connectivity index (χ3n) is 4.06. The van der Waals surface area contributed by atoms with Gasteiger partial charge in [-0.05, 0) is 19.3 Å². The van der Waals surface area contributed by atoms with Crippen molar-refractivity contribution in [1.29, 1.82) is 0 Å². The van der Waals surface area contributed by atoms with Gasteiger partial charge < -0.3 is 25.0 Å². The van der Waals surface area contributed by atoms with E-state index in [0.717, 1.165) is 12.8 Å². The van der Waals surface area contributed by atoms with Crippen LogP contribution in [0.5, 0.6) is 0 Å². The number of piperidine rings is 1. The molecular weight excluding hydrogens is 274 g/mol. The summed E-state index contributed by atoms with van der Waals surface area (Å²) in [6.45, 7) is 3.10. The number of hydrogen-bond acceptors (Lipinski definition) is 5. The van der Waals surface area contributed by atoms with Crippen LogP contribution in [0.4, 0.5) is 0 Å². The highest BCUT2D eigenvalue weighted by Crippen LogP contribution is 2.20. The molecule has 7 nitrogen and oxygen atoms in total. The third kappa shape index (κ3) is 3.93. The van der Waals surface area contributed by atoms with E-state index in [1.807, 2.05) is 0 Å². The maximum Gasteiger partial charge on any atom is 0.245 e. The molecule has 0 aliphatic carbocycles. The second-order valence-electron chi connectivity index (χ2n) is 5.54. The molecular formula is C14H25N3O4. The van der Waals surface area contributed by atoms with Gasteiger partial charge in [0.05, 0.1) is 19.8 Å². The molecule has 120 valence electrons. The van der Waals surface area contributed by atoms with Gasteiger partial charge in [-0.2, -0.15) is 0 Å². The Bertz CT molecular complexity index is 371. The van der Waals surface area contributed by atoms with Gasteiger partial charge in [-0.1, -0.05) is 0 Å². The summed E-state index contributed by atoms with van der Waals surface area (Å²) in [6, 6.07) is -1.08. The van der Waals surface area contributed by atoms with E-state index in [4.69, 9.17) is 15.2 Å². The summed E-state index contributed by atoms with van der Waals surface area (Å²) in [7, 11) is 1.51. The van der Waals surface area contributed by atoms with Gasteiger partial charge in [0.2, 0.25) is 11.8 Å². The summed E-state index contributed by atoms with van der Waals surface area (Å²) in [5.41, 5.74) is 5.84. The van der Waals surface area contributed by atoms with Crippen LogP contribution in [0.2, 0.25) is 0 Å². The number of hydrogen-bond donors (Lipinski definition) is 1. The Labute approximate surface area is 125 Å². The number of morpholine rings is 1. The van der Waals surface area contributed by atoms with Crippen LogP contribution < -0.4 is 5.73 Å². The van der Waals surface area contributed by atoms with Gasteiger partial charge in [0.1, 0.15) is 12.1 Å². The highest BCUT2D eigenvalue weighted by atomic mass is 16.5. The lowest BCUT2D eigenvalue weighted by Crippen LogP contribution is -2.58. The summed E-state index contributed by atoms with van der Waals surface area (Å²) < 4.78 is 10.2. The molecule has 0 saturated carbocycles. The average molecular weight is 299 g/mol. The van der Waals surface area contributed by atoms with E-state index < -0.39 is 6.04 Å². The van der Waals surface area contributed by atoms with Gasteiger partial charge in [-0.25, -0.2) is 0 Å². The van der Waals surface area contributed by atoms with E-state index >= 15 is 0 Å². The van der Waals surface area contributed by atoms with Crippen LogP contribution in [-0.2, 0) is 19.1 Å². The second-order valence-corrected chi connectivity index (χ2v) is 5.54. The molecule has 0 aromatic carbocycles. The number of amides is 2. The van der Waals surface area contributed by atoms with Crippen molar-refractivity contribution in [3.63, 3.8) is 0 Å². The first-order chi connectivity index (χ1) is 10.1. The van der Waals surface area contributed by atoms with Crippen LogP contribution in [0.15, 0.2) is 0 Å². The highest BCUT2D eigenvalue weighted by molar-refractivity contribution is 5.90. The SMILES string of the molecule is COCC(N)C(=O)N1CCCCC1C(=O)N1CCOCC1. The fraction of sp³-hybridized carbons (Fsp3) is 0.857. The van der Waals surface area contributed by atoms with Crippen LogP contribution >= 0.6 is 0 Å². The molecule has 2 heterocycles. The van der Waals surface area contributed by atoms with Crippen molar-refractivity contribution in [1.82, 2.24) is 9.80 Å². The van der Waals surface area contributed by atoms with Crippen LogP contribution in [0.3, 0.4) is 0 Å². The van der Waals surface area contributed by atoms with Gasteiger partial charge in [-0.3, -0.25) is 9.59 Å². The molecule has 2 saturated heterocycles. The standard InChI is InChI=1S/C14H25N3O4/c1-20-10-11(15)13(18)17-5-3-2-4-12(17)14(19)16-6-8-21-9-7-16/h11-12H,2-10,15H2,1H3. The predicted molar refractivity (Wildman–Crippen MR) is 76.6 cm³/mol. The van der Waals surface area contributed by atoms with Gasteiger partial charge in [0.25, 0.3) is 0 Å². The minimum Gasteiger partial charge on any atom is -0.383 e. The molecule has 2 amide bonds. The smallest absolute Gasteiger partial charge is 0.245 e. The first-order valence-electron chi connectivity index (χ1n) is 7.56. The molecule has 0 spiro atoms. The van der Waals surface area contributed by atoms with Crippen molar-refractivity contribution >= 4 is 11.8 Å². The quantitative estimate of drug-likeness (QED) is 0.734. The van der Waals surface area contributed by atoms with E-state index in [0.29, 0.717) is 39.3 Å². The number of ether oxygens (including phenoxy) is 2. The minimum atomic E-state index is -0.701. The van der Waals surface area contributed by atoms with E-state index in [2.05, 4.69) is 0 Å². The Morgan fingerprint density at radius 1 is 1.29 bits per heavy atom. The van der Waals surface area contributed by atoms with Crippen LogP contribution in [0.25, 0.3) is 0 Å². The summed E-state index contributed by atoms with van der Waals surface area (Å²) in [5, 5.41) is 0. The molecule has 2 unspecified atom stereocenters. The Morgan fingerprint density at radius 2 is 2.00 bits per heavy atom. The fourth-order valence-electron chi connectivity index (χ4n) is 2.91. The lowest BCUT2D eigenvalue weighted by molar-refractivity contribution is -0.151. The van der Waals surface area contributed by atoms with Crippen molar-refractivity contribution in [2.75, 3.05) is 46.6 Å². The Balaban J connectivity index is 2.03. The zero-order valence-electron chi connectivity index (χ0n) is 12.6. The maximum absolute atomic E-state index is 12.7. The van der Waals surface area contributed by atoms with Crippen molar-refractivity contribution in [3.05, 3.63) is 0 Å². The average Bonchev–Trinajstić information content (AvgIpc) is 2.54. The molecule has 7 heteroatoms. The van der Waals surface area contributed by atoms with Crippen LogP contribution in [-0.4, -0.2) is 80.3 Å². The van der Waals surface area contributed by atoms with E-state index in [1.165, 1.54) is 7.11 Å². The van der Waals surface area contributed by atoms with Gasteiger partial charge >= 0.3 is 0 Å². The number of nitrogens with zero attached hydrogens (tertiary/aromatic N) is 2. The highest BCUT2D eigenvalue weighted by Gasteiger charge is 2.36. The van der Waals surface area contributed by atoms with Gasteiger partial charge in [0, 0.05) is 26.7 Å². The van der Waals surface area contributed by atoms with E-state index in [1.54, 1.807) is 9.80 Å². The van der Waals surface area contributed by atoms with Gasteiger partial charge in [0.15, 0.2) is 0 Å². The predicted octanol–water partition coefficient (Wildman–Crippen LogP) is -0.800. The normalized spacial score (nSPS) is 24.8. The number of carbonyl (C=O) groups excluding carboxylic acids is 2. The van der Waals surface area contributed by atoms with Crippen LogP contribution in [0, 0.1) is 0 Å². The maximum atomic E-state index is 12.7. The third-order valence-corrected chi connectivity index (χ3v) is 4.06. The van der Waals surface area contributed by atoms with Crippen molar-refractivity contribution < 1.29 is 19.1 Å². The molecule has 21 heavy (non-hydrogen) atoms. The molecule has 2 fully saturated rings. The Hall–Kier alpha value is -1.18. The summed E-state index contributed by atoms with van der Waals surface area (Å²) in [5.74, 6) is -0.167.